The topological polar surface area (TPSA) is 29.0 Å². The van der Waals surface area contributed by atoms with E-state index in [2.05, 4.69) is 54.5 Å². The lowest BCUT2D eigenvalue weighted by atomic mass is 10.2. The third-order valence-corrected chi connectivity index (χ3v) is 3.39. The summed E-state index contributed by atoms with van der Waals surface area (Å²) in [5, 5.41) is 0.937. The molecule has 1 aromatic carbocycles. The molecule has 0 fully saturated rings. The van der Waals surface area contributed by atoms with E-state index in [4.69, 9.17) is 0 Å². The second kappa shape index (κ2) is 4.28. The Morgan fingerprint density at radius 1 is 1.20 bits per heavy atom. The van der Waals surface area contributed by atoms with Gasteiger partial charge in [-0.25, -0.2) is 4.98 Å². The molecule has 0 radical (unpaired) electrons. The third kappa shape index (κ3) is 2.35. The van der Waals surface area contributed by atoms with Gasteiger partial charge < -0.3 is 4.90 Å². The molecule has 1 heterocycles. The first kappa shape index (κ1) is 10.6. The highest BCUT2D eigenvalue weighted by atomic mass is 79.9. The first-order chi connectivity index (χ1) is 7.16. The summed E-state index contributed by atoms with van der Waals surface area (Å²) in [5.41, 5.74) is 2.28. The smallest absolute Gasteiger partial charge is 0.209 e. The van der Waals surface area contributed by atoms with Gasteiger partial charge >= 0.3 is 0 Å². The summed E-state index contributed by atoms with van der Waals surface area (Å²) in [6, 6.07) is 8.26. The van der Waals surface area contributed by atoms with Crippen molar-refractivity contribution < 1.29 is 0 Å². The lowest BCUT2D eigenvalue weighted by molar-refractivity contribution is 1.13. The standard InChI is InChI=1S/C10H10BrN3S/c1-14(2)8-5-3-7(4-6-8)9-12-10(11)13-15-9/h3-6H,1-2H3. The highest BCUT2D eigenvalue weighted by Gasteiger charge is 2.04. The van der Waals surface area contributed by atoms with Crippen LogP contribution in [0.2, 0.25) is 0 Å². The Labute approximate surface area is 101 Å². The van der Waals surface area contributed by atoms with E-state index in [0.717, 1.165) is 10.6 Å². The zero-order valence-corrected chi connectivity index (χ0v) is 10.8. The largest absolute Gasteiger partial charge is 0.378 e. The Morgan fingerprint density at radius 3 is 2.33 bits per heavy atom. The van der Waals surface area contributed by atoms with Crippen LogP contribution < -0.4 is 4.90 Å². The van der Waals surface area contributed by atoms with Gasteiger partial charge in [-0.1, -0.05) is 0 Å². The molecular formula is C10H10BrN3S. The Kier molecular flexibility index (Phi) is 3.02. The molecule has 1 aromatic heterocycles. The molecule has 0 aliphatic carbocycles. The molecule has 3 nitrogen and oxygen atoms in total. The number of halogens is 1. The summed E-state index contributed by atoms with van der Waals surface area (Å²) in [5.74, 6) is 0. The summed E-state index contributed by atoms with van der Waals surface area (Å²) >= 11 is 4.64. The molecule has 0 spiro atoms. The van der Waals surface area contributed by atoms with Crippen molar-refractivity contribution in [2.24, 2.45) is 0 Å². The highest BCUT2D eigenvalue weighted by Crippen LogP contribution is 2.25. The number of benzene rings is 1. The van der Waals surface area contributed by atoms with Crippen molar-refractivity contribution in [2.75, 3.05) is 19.0 Å². The first-order valence-electron chi connectivity index (χ1n) is 4.44. The van der Waals surface area contributed by atoms with E-state index in [9.17, 15) is 0 Å². The average Bonchev–Trinajstić information content (AvgIpc) is 2.65. The number of hydrogen-bond acceptors (Lipinski definition) is 4. The van der Waals surface area contributed by atoms with E-state index in [0.29, 0.717) is 4.73 Å². The van der Waals surface area contributed by atoms with Crippen molar-refractivity contribution in [1.82, 2.24) is 9.36 Å². The summed E-state index contributed by atoms with van der Waals surface area (Å²) in [6.07, 6.45) is 0. The van der Waals surface area contributed by atoms with Crippen LogP contribution in [0.1, 0.15) is 0 Å². The summed E-state index contributed by atoms with van der Waals surface area (Å²) in [4.78, 5) is 6.34. The molecule has 0 atom stereocenters. The normalized spacial score (nSPS) is 10.3. The zero-order valence-electron chi connectivity index (χ0n) is 8.44. The average molecular weight is 284 g/mol. The second-order valence-electron chi connectivity index (χ2n) is 3.31. The van der Waals surface area contributed by atoms with Crippen molar-refractivity contribution in [3.8, 4) is 10.6 Å². The molecule has 5 heteroatoms. The van der Waals surface area contributed by atoms with Crippen molar-refractivity contribution in [2.45, 2.75) is 0 Å². The van der Waals surface area contributed by atoms with Gasteiger partial charge in [0.25, 0.3) is 0 Å². The van der Waals surface area contributed by atoms with Gasteiger partial charge in [0.05, 0.1) is 0 Å². The van der Waals surface area contributed by atoms with Crippen LogP contribution in [0.3, 0.4) is 0 Å². The Hall–Kier alpha value is -0.940. The van der Waals surface area contributed by atoms with Crippen molar-refractivity contribution in [3.05, 3.63) is 29.0 Å². The SMILES string of the molecule is CN(C)c1ccc(-c2nc(Br)ns2)cc1. The summed E-state index contributed by atoms with van der Waals surface area (Å²) in [7, 11) is 4.05. The molecule has 0 aliphatic rings. The molecule has 0 N–H and O–H groups in total. The minimum atomic E-state index is 0.652. The van der Waals surface area contributed by atoms with Gasteiger partial charge in [-0.2, -0.15) is 4.37 Å². The van der Waals surface area contributed by atoms with Gasteiger partial charge in [0.1, 0.15) is 5.01 Å². The predicted octanol–water partition coefficient (Wildman–Crippen LogP) is 3.03. The minimum Gasteiger partial charge on any atom is -0.378 e. The number of anilines is 1. The second-order valence-corrected chi connectivity index (χ2v) is 4.77. The quantitative estimate of drug-likeness (QED) is 0.848. The fourth-order valence-electron chi connectivity index (χ4n) is 1.22. The molecule has 0 unspecified atom stereocenters. The number of hydrogen-bond donors (Lipinski definition) is 0. The van der Waals surface area contributed by atoms with Crippen LogP contribution >= 0.6 is 27.5 Å². The van der Waals surface area contributed by atoms with Crippen LogP contribution in [0.15, 0.2) is 29.0 Å². The van der Waals surface area contributed by atoms with Gasteiger partial charge in [-0.15, -0.1) is 0 Å². The van der Waals surface area contributed by atoms with Crippen LogP contribution in [-0.2, 0) is 0 Å². The van der Waals surface area contributed by atoms with Crippen LogP contribution in [0.4, 0.5) is 5.69 Å². The number of aromatic nitrogens is 2. The first-order valence-corrected chi connectivity index (χ1v) is 6.00. The lowest BCUT2D eigenvalue weighted by Crippen LogP contribution is -2.07. The van der Waals surface area contributed by atoms with Gasteiger partial charge in [-0.05, 0) is 51.7 Å². The summed E-state index contributed by atoms with van der Waals surface area (Å²) < 4.78 is 4.74. The monoisotopic (exact) mass is 283 g/mol. The number of rotatable bonds is 2. The molecule has 0 amide bonds. The van der Waals surface area contributed by atoms with Gasteiger partial charge in [0, 0.05) is 25.3 Å². The fourth-order valence-corrected chi connectivity index (χ4v) is 2.31. The number of nitrogens with zero attached hydrogens (tertiary/aromatic N) is 3. The van der Waals surface area contributed by atoms with E-state index < -0.39 is 0 Å². The predicted molar refractivity (Wildman–Crippen MR) is 67.4 cm³/mol. The summed E-state index contributed by atoms with van der Waals surface area (Å²) in [6.45, 7) is 0. The molecule has 15 heavy (non-hydrogen) atoms. The van der Waals surface area contributed by atoms with Crippen molar-refractivity contribution >= 4 is 33.1 Å². The van der Waals surface area contributed by atoms with Crippen LogP contribution in [-0.4, -0.2) is 23.5 Å². The van der Waals surface area contributed by atoms with E-state index in [-0.39, 0.29) is 0 Å². The van der Waals surface area contributed by atoms with Crippen molar-refractivity contribution in [1.29, 1.82) is 0 Å². The van der Waals surface area contributed by atoms with E-state index in [1.807, 2.05) is 14.1 Å². The molecule has 0 saturated heterocycles. The Morgan fingerprint density at radius 2 is 1.87 bits per heavy atom. The molecule has 2 aromatic rings. The third-order valence-electron chi connectivity index (χ3n) is 2.03. The zero-order chi connectivity index (χ0) is 10.8. The lowest BCUT2D eigenvalue weighted by Gasteiger charge is -2.11. The molecule has 0 bridgehead atoms. The Bertz CT molecular complexity index is 450. The maximum atomic E-state index is 4.27. The van der Waals surface area contributed by atoms with E-state index >= 15 is 0 Å². The maximum absolute atomic E-state index is 4.27. The molecular weight excluding hydrogens is 274 g/mol. The van der Waals surface area contributed by atoms with E-state index in [1.54, 1.807) is 0 Å². The fraction of sp³-hybridized carbons (Fsp3) is 0.200. The molecule has 2 rings (SSSR count). The van der Waals surface area contributed by atoms with Crippen molar-refractivity contribution in [3.63, 3.8) is 0 Å². The van der Waals surface area contributed by atoms with Crippen LogP contribution in [0, 0.1) is 0 Å². The maximum Gasteiger partial charge on any atom is 0.209 e. The Balaban J connectivity index is 2.31. The van der Waals surface area contributed by atoms with Gasteiger partial charge in [0.15, 0.2) is 0 Å². The van der Waals surface area contributed by atoms with Crippen LogP contribution in [0.5, 0.6) is 0 Å². The van der Waals surface area contributed by atoms with Crippen LogP contribution in [0.25, 0.3) is 10.6 Å². The van der Waals surface area contributed by atoms with Gasteiger partial charge in [-0.3, -0.25) is 0 Å². The molecule has 0 saturated carbocycles. The minimum absolute atomic E-state index is 0.652. The van der Waals surface area contributed by atoms with Gasteiger partial charge in [0.2, 0.25) is 4.73 Å². The van der Waals surface area contributed by atoms with E-state index in [1.165, 1.54) is 17.2 Å². The highest BCUT2D eigenvalue weighted by molar-refractivity contribution is 9.10. The molecule has 0 aliphatic heterocycles. The molecule has 78 valence electrons.